The quantitative estimate of drug-likeness (QED) is 0.191. The predicted molar refractivity (Wildman–Crippen MR) is 126 cm³/mol. The predicted octanol–water partition coefficient (Wildman–Crippen LogP) is 5.41. The van der Waals surface area contributed by atoms with E-state index in [2.05, 4.69) is 34.5 Å². The molecule has 0 atom stereocenters. The summed E-state index contributed by atoms with van der Waals surface area (Å²) in [6.07, 6.45) is 0. The van der Waals surface area contributed by atoms with Crippen LogP contribution in [0.1, 0.15) is 5.56 Å². The van der Waals surface area contributed by atoms with Crippen molar-refractivity contribution in [3.05, 3.63) is 84.4 Å². The molecule has 0 heterocycles. The molecule has 0 spiro atoms. The van der Waals surface area contributed by atoms with Gasteiger partial charge in [0.1, 0.15) is 10.6 Å². The van der Waals surface area contributed by atoms with Crippen molar-refractivity contribution in [2.75, 3.05) is 5.73 Å². The van der Waals surface area contributed by atoms with Crippen LogP contribution in [0.4, 0.5) is 17.1 Å². The van der Waals surface area contributed by atoms with Gasteiger partial charge in [-0.25, -0.2) is 0 Å². The fraction of sp³-hybridized carbons (Fsp3) is 0.0435. The molecule has 0 amide bonds. The van der Waals surface area contributed by atoms with E-state index >= 15 is 0 Å². The number of nitrogens with zero attached hydrogens (tertiary/aromatic N) is 2. The van der Waals surface area contributed by atoms with Gasteiger partial charge in [-0.2, -0.15) is 13.5 Å². The van der Waals surface area contributed by atoms with Crippen LogP contribution in [0.5, 0.6) is 0 Å². The third-order valence-electron chi connectivity index (χ3n) is 4.83. The van der Waals surface area contributed by atoms with Crippen LogP contribution in [0.15, 0.2) is 94.0 Å². The van der Waals surface area contributed by atoms with E-state index in [0.29, 0.717) is 16.5 Å². The molecule has 31 heavy (non-hydrogen) atoms. The summed E-state index contributed by atoms with van der Waals surface area (Å²) < 4.78 is 33.2. The monoisotopic (exact) mass is 441 g/mol. The summed E-state index contributed by atoms with van der Waals surface area (Å²) in [5, 5.41) is 9.14. The first-order valence-corrected chi connectivity index (χ1v) is 10.6. The van der Waals surface area contributed by atoms with Gasteiger partial charge in [-0.1, -0.05) is 66.2 Å². The number of anilines is 1. The average Bonchev–Trinajstić information content (AvgIpc) is 2.73. The zero-order chi connectivity index (χ0) is 21.3. The number of rotatable bonds is 4. The van der Waals surface area contributed by atoms with Crippen LogP contribution >= 0.6 is 0 Å². The first-order chi connectivity index (χ1) is 14.3. The van der Waals surface area contributed by atoms with Crippen molar-refractivity contribution < 1.29 is 13.0 Å². The van der Waals surface area contributed by atoms with Crippen LogP contribution in [0.3, 0.4) is 0 Å². The van der Waals surface area contributed by atoms with Crippen molar-refractivity contribution in [3.8, 4) is 11.1 Å². The molecular formula is C23H20N3NaO3S. The fourth-order valence-corrected chi connectivity index (χ4v) is 3.94. The molecule has 3 N–H and O–H groups in total. The summed E-state index contributed by atoms with van der Waals surface area (Å²) in [4.78, 5) is -0.254. The zero-order valence-electron chi connectivity index (χ0n) is 16.1. The Balaban J connectivity index is 0.00000272. The number of hydrogen-bond donors (Lipinski definition) is 2. The van der Waals surface area contributed by atoms with Crippen LogP contribution in [-0.2, 0) is 10.1 Å². The second kappa shape index (κ2) is 9.30. The normalized spacial score (nSPS) is 11.5. The minimum absolute atomic E-state index is 0. The van der Waals surface area contributed by atoms with Crippen LogP contribution in [-0.4, -0.2) is 42.5 Å². The van der Waals surface area contributed by atoms with Gasteiger partial charge in [-0.15, -0.1) is 5.11 Å². The van der Waals surface area contributed by atoms with E-state index < -0.39 is 10.1 Å². The van der Waals surface area contributed by atoms with Gasteiger partial charge in [0.2, 0.25) is 0 Å². The van der Waals surface area contributed by atoms with Crippen molar-refractivity contribution in [2.24, 2.45) is 10.2 Å². The van der Waals surface area contributed by atoms with Gasteiger partial charge in [0.25, 0.3) is 10.1 Å². The SMILES string of the molecule is Cc1ccc(-c2ccc(/N=N/c3cc(S(=O)(=O)O)c4ccccc4c3N)cc2)cc1.[NaH]. The second-order valence-electron chi connectivity index (χ2n) is 6.94. The van der Waals surface area contributed by atoms with Crippen LogP contribution < -0.4 is 5.73 Å². The van der Waals surface area contributed by atoms with E-state index in [0.717, 1.165) is 11.1 Å². The van der Waals surface area contributed by atoms with Crippen molar-refractivity contribution >= 4 is 67.5 Å². The van der Waals surface area contributed by atoms with E-state index in [1.54, 1.807) is 24.3 Å². The Kier molecular flexibility index (Phi) is 6.93. The van der Waals surface area contributed by atoms with Gasteiger partial charge in [0.15, 0.2) is 0 Å². The number of aryl methyl sites for hydroxylation is 1. The Morgan fingerprint density at radius 1 is 0.806 bits per heavy atom. The summed E-state index contributed by atoms with van der Waals surface area (Å²) in [7, 11) is -4.45. The van der Waals surface area contributed by atoms with Gasteiger partial charge < -0.3 is 5.73 Å². The van der Waals surface area contributed by atoms with Crippen molar-refractivity contribution in [2.45, 2.75) is 11.8 Å². The van der Waals surface area contributed by atoms with Gasteiger partial charge >= 0.3 is 29.6 Å². The van der Waals surface area contributed by atoms with Crippen LogP contribution in [0, 0.1) is 6.92 Å². The Labute approximate surface area is 202 Å². The summed E-state index contributed by atoms with van der Waals surface area (Å²) in [6.45, 7) is 2.04. The summed E-state index contributed by atoms with van der Waals surface area (Å²) >= 11 is 0. The molecule has 0 saturated heterocycles. The topological polar surface area (TPSA) is 105 Å². The molecule has 6 nitrogen and oxygen atoms in total. The van der Waals surface area contributed by atoms with Crippen molar-refractivity contribution in [3.63, 3.8) is 0 Å². The molecule has 4 aromatic carbocycles. The number of fused-ring (bicyclic) bond motifs is 1. The third-order valence-corrected chi connectivity index (χ3v) is 5.72. The summed E-state index contributed by atoms with van der Waals surface area (Å²) in [5.74, 6) is 0. The molecule has 152 valence electrons. The number of hydrogen-bond acceptors (Lipinski definition) is 5. The molecule has 0 fully saturated rings. The van der Waals surface area contributed by atoms with E-state index in [4.69, 9.17) is 5.73 Å². The zero-order valence-corrected chi connectivity index (χ0v) is 17.0. The van der Waals surface area contributed by atoms with E-state index in [1.165, 1.54) is 11.6 Å². The Bertz CT molecular complexity index is 1370. The molecule has 4 rings (SSSR count). The number of azo groups is 1. The molecule has 0 aliphatic rings. The molecule has 4 aromatic rings. The standard InChI is InChI=1S/C23H19N3O3S.Na.H/c1-15-6-8-16(9-7-15)17-10-12-18(13-11-17)25-26-21-14-22(30(27,28)29)19-4-2-3-5-20(19)23(21)24;;/h2-14H,24H2,1H3,(H,27,28,29);;/b26-25+;;. The average molecular weight is 441 g/mol. The molecule has 0 aliphatic carbocycles. The molecule has 0 aromatic heterocycles. The maximum absolute atomic E-state index is 11.8. The molecule has 0 radical (unpaired) electrons. The Hall–Kier alpha value is -2.55. The fourth-order valence-electron chi connectivity index (χ4n) is 3.22. The molecular weight excluding hydrogens is 421 g/mol. The second-order valence-corrected chi connectivity index (χ2v) is 8.33. The summed E-state index contributed by atoms with van der Waals surface area (Å²) in [6, 6.07) is 23.6. The van der Waals surface area contributed by atoms with Crippen molar-refractivity contribution in [1.82, 2.24) is 0 Å². The molecule has 0 bridgehead atoms. The Morgan fingerprint density at radius 2 is 1.35 bits per heavy atom. The van der Waals surface area contributed by atoms with Gasteiger partial charge in [0, 0.05) is 10.8 Å². The number of benzene rings is 4. The molecule has 8 heteroatoms. The third kappa shape index (κ3) is 5.03. The molecule has 0 saturated carbocycles. The van der Waals surface area contributed by atoms with E-state index in [-0.39, 0.29) is 45.8 Å². The van der Waals surface area contributed by atoms with Crippen LogP contribution in [0.2, 0.25) is 0 Å². The van der Waals surface area contributed by atoms with Gasteiger partial charge in [-0.3, -0.25) is 4.55 Å². The van der Waals surface area contributed by atoms with Crippen molar-refractivity contribution in [1.29, 1.82) is 0 Å². The molecule has 0 aliphatic heterocycles. The maximum atomic E-state index is 11.8. The molecule has 0 unspecified atom stereocenters. The van der Waals surface area contributed by atoms with Crippen LogP contribution in [0.25, 0.3) is 21.9 Å². The number of nitrogens with two attached hydrogens (primary N) is 1. The number of nitrogen functional groups attached to an aromatic ring is 1. The van der Waals surface area contributed by atoms with Gasteiger partial charge in [-0.05, 0) is 36.2 Å². The Morgan fingerprint density at radius 3 is 1.94 bits per heavy atom. The minimum atomic E-state index is -4.45. The first kappa shape index (κ1) is 23.1. The van der Waals surface area contributed by atoms with E-state index in [9.17, 15) is 13.0 Å². The van der Waals surface area contributed by atoms with E-state index in [1.807, 2.05) is 31.2 Å². The van der Waals surface area contributed by atoms with Gasteiger partial charge in [0.05, 0.1) is 11.4 Å². The first-order valence-electron chi connectivity index (χ1n) is 9.20. The summed E-state index contributed by atoms with van der Waals surface area (Å²) in [5.41, 5.74) is 10.6.